The minimum Gasteiger partial charge on any atom is -0.481 e. The summed E-state index contributed by atoms with van der Waals surface area (Å²) in [7, 11) is 0. The molecule has 0 radical (unpaired) electrons. The number of aliphatic carboxylic acids is 1. The Balaban J connectivity index is 1.24. The highest BCUT2D eigenvalue weighted by Gasteiger charge is 2.54. The first-order chi connectivity index (χ1) is 22.9. The molecular formula is C33H30F4N4O6S. The monoisotopic (exact) mass is 686 g/mol. The minimum atomic E-state index is -4.53. The summed E-state index contributed by atoms with van der Waals surface area (Å²) >= 11 is 0.891. The average Bonchev–Trinajstić information content (AvgIpc) is 3.43. The Morgan fingerprint density at radius 2 is 1.69 bits per heavy atom. The second kappa shape index (κ2) is 13.4. The molecule has 3 N–H and O–H groups in total. The van der Waals surface area contributed by atoms with E-state index in [-0.39, 0.29) is 34.9 Å². The van der Waals surface area contributed by atoms with Crippen molar-refractivity contribution in [3.63, 3.8) is 0 Å². The largest absolute Gasteiger partial charge is 0.540 e. The van der Waals surface area contributed by atoms with Gasteiger partial charge in [0.05, 0.1) is 28.7 Å². The summed E-state index contributed by atoms with van der Waals surface area (Å²) in [6, 6.07) is 15.4. The van der Waals surface area contributed by atoms with Crippen molar-refractivity contribution in [3.05, 3.63) is 82.9 Å². The van der Waals surface area contributed by atoms with Gasteiger partial charge in [-0.2, -0.15) is 8.78 Å². The van der Waals surface area contributed by atoms with Crippen LogP contribution in [0.4, 0.5) is 33.2 Å². The van der Waals surface area contributed by atoms with Gasteiger partial charge >= 0.3 is 24.4 Å². The summed E-state index contributed by atoms with van der Waals surface area (Å²) in [5.74, 6) is -1.79. The van der Waals surface area contributed by atoms with Gasteiger partial charge < -0.3 is 15.2 Å². The molecule has 3 amide bonds. The van der Waals surface area contributed by atoms with Crippen molar-refractivity contribution in [2.45, 2.75) is 63.4 Å². The molecule has 0 unspecified atom stereocenters. The van der Waals surface area contributed by atoms with Crippen molar-refractivity contribution in [1.82, 2.24) is 10.3 Å². The number of carbonyl (C=O) groups excluding carboxylic acids is 2. The summed E-state index contributed by atoms with van der Waals surface area (Å²) in [6.45, 7) is 0.0476. The fourth-order valence-corrected chi connectivity index (χ4v) is 6.67. The Kier molecular flexibility index (Phi) is 9.25. The van der Waals surface area contributed by atoms with E-state index in [2.05, 4.69) is 25.1 Å². The number of anilines is 2. The summed E-state index contributed by atoms with van der Waals surface area (Å²) in [5.41, 5.74) is 1.83. The first kappa shape index (κ1) is 33.2. The van der Waals surface area contributed by atoms with Crippen LogP contribution >= 0.6 is 11.3 Å². The second-order valence-electron chi connectivity index (χ2n) is 11.6. The van der Waals surface area contributed by atoms with Crippen LogP contribution in [0.2, 0.25) is 0 Å². The van der Waals surface area contributed by atoms with Crippen LogP contribution in [0.25, 0.3) is 10.2 Å². The molecule has 1 fully saturated rings. The van der Waals surface area contributed by atoms with Gasteiger partial charge in [0.25, 0.3) is 5.91 Å². The zero-order valence-corrected chi connectivity index (χ0v) is 26.1. The molecule has 15 heteroatoms. The van der Waals surface area contributed by atoms with E-state index < -0.39 is 41.6 Å². The molecule has 48 heavy (non-hydrogen) atoms. The number of hydrogen-bond acceptors (Lipinski definition) is 7. The Hall–Kier alpha value is -4.76. The molecule has 6 rings (SSSR count). The van der Waals surface area contributed by atoms with Crippen molar-refractivity contribution in [1.29, 1.82) is 0 Å². The summed E-state index contributed by atoms with van der Waals surface area (Å²) in [4.78, 5) is 42.6. The molecule has 2 heterocycles. The van der Waals surface area contributed by atoms with E-state index >= 15 is 0 Å². The van der Waals surface area contributed by atoms with Gasteiger partial charge in [-0.05, 0) is 60.2 Å². The standard InChI is InChI=1S/C33H30F4N4O6S/c34-32(35)24-16-25-27(17-26(24)46-33(36,37)47-32)48-30(39-25)40-31(45)41(23-12-10-21(11-13-23)20-4-2-1-3-5-20)18-19-6-8-22(9-7-19)29(44)38-15-14-28(42)43/h6-13,16-17,20H,1-5,14-15,18H2,(H,38,44)(H,42,43)(H,39,40,45). The molecule has 10 nitrogen and oxygen atoms in total. The van der Waals surface area contributed by atoms with Gasteiger partial charge in [-0.15, -0.1) is 8.78 Å². The lowest BCUT2D eigenvalue weighted by Crippen LogP contribution is -2.41. The predicted molar refractivity (Wildman–Crippen MR) is 169 cm³/mol. The number of urea groups is 1. The van der Waals surface area contributed by atoms with Crippen molar-refractivity contribution < 1.29 is 46.5 Å². The maximum Gasteiger partial charge on any atom is 0.540 e. The number of thiazole rings is 1. The van der Waals surface area contributed by atoms with Crippen molar-refractivity contribution in [3.8, 4) is 5.75 Å². The Morgan fingerprint density at radius 1 is 0.979 bits per heavy atom. The van der Waals surface area contributed by atoms with Crippen molar-refractivity contribution in [2.24, 2.45) is 0 Å². The van der Waals surface area contributed by atoms with Gasteiger partial charge in [0, 0.05) is 23.9 Å². The van der Waals surface area contributed by atoms with Crippen LogP contribution in [-0.4, -0.2) is 40.8 Å². The number of ether oxygens (including phenoxy) is 2. The number of hydrogen-bond donors (Lipinski definition) is 3. The van der Waals surface area contributed by atoms with Gasteiger partial charge in [0.15, 0.2) is 5.13 Å². The molecule has 1 aromatic heterocycles. The highest BCUT2D eigenvalue weighted by molar-refractivity contribution is 7.22. The fourth-order valence-electron chi connectivity index (χ4n) is 5.80. The van der Waals surface area contributed by atoms with Gasteiger partial charge in [-0.1, -0.05) is 54.9 Å². The van der Waals surface area contributed by atoms with E-state index in [1.165, 1.54) is 29.7 Å². The predicted octanol–water partition coefficient (Wildman–Crippen LogP) is 7.80. The maximum absolute atomic E-state index is 14.3. The number of nitrogens with one attached hydrogen (secondary N) is 2. The zero-order chi connectivity index (χ0) is 34.1. The van der Waals surface area contributed by atoms with E-state index in [4.69, 9.17) is 5.11 Å². The molecule has 0 atom stereocenters. The van der Waals surface area contributed by atoms with Crippen LogP contribution in [0.3, 0.4) is 0 Å². The molecule has 1 saturated carbocycles. The van der Waals surface area contributed by atoms with E-state index in [0.29, 0.717) is 22.7 Å². The lowest BCUT2D eigenvalue weighted by atomic mass is 9.84. The molecule has 2 aliphatic rings. The van der Waals surface area contributed by atoms with Crippen molar-refractivity contribution >= 4 is 50.3 Å². The van der Waals surface area contributed by atoms with Crippen LogP contribution in [-0.2, 0) is 22.2 Å². The molecule has 0 saturated heterocycles. The highest BCUT2D eigenvalue weighted by atomic mass is 32.1. The highest BCUT2D eigenvalue weighted by Crippen LogP contribution is 2.48. The number of carboxylic acids is 1. The van der Waals surface area contributed by atoms with E-state index in [9.17, 15) is 31.9 Å². The fraction of sp³-hybridized carbons (Fsp3) is 0.333. The Morgan fingerprint density at radius 3 is 2.38 bits per heavy atom. The SMILES string of the molecule is O=C(O)CCNC(=O)c1ccc(CN(C(=O)Nc2nc3cc4c(cc3s2)OC(F)(F)OC4(F)F)c2ccc(C3CCCCC3)cc2)cc1. The quantitative estimate of drug-likeness (QED) is 0.153. The van der Waals surface area contributed by atoms with Gasteiger partial charge in [-0.25, -0.2) is 14.5 Å². The molecule has 3 aromatic carbocycles. The average molecular weight is 687 g/mol. The number of amides is 3. The van der Waals surface area contributed by atoms with Crippen LogP contribution in [0.15, 0.2) is 60.7 Å². The van der Waals surface area contributed by atoms with Crippen LogP contribution < -0.4 is 20.3 Å². The van der Waals surface area contributed by atoms with Crippen LogP contribution in [0.5, 0.6) is 5.75 Å². The lowest BCUT2D eigenvalue weighted by molar-refractivity contribution is -0.461. The third-order valence-electron chi connectivity index (χ3n) is 8.20. The molecule has 0 bridgehead atoms. The lowest BCUT2D eigenvalue weighted by Gasteiger charge is -2.30. The number of benzene rings is 3. The summed E-state index contributed by atoms with van der Waals surface area (Å²) < 4.78 is 63.9. The molecule has 1 aliphatic carbocycles. The van der Waals surface area contributed by atoms with Crippen LogP contribution in [0.1, 0.15) is 71.5 Å². The molecular weight excluding hydrogens is 656 g/mol. The number of carbonyl (C=O) groups is 3. The number of aromatic nitrogens is 1. The molecule has 4 aromatic rings. The number of alkyl halides is 4. The third kappa shape index (κ3) is 7.52. The second-order valence-corrected chi connectivity index (χ2v) is 12.6. The number of halogens is 4. The van der Waals surface area contributed by atoms with Gasteiger partial charge in [0.2, 0.25) is 0 Å². The maximum atomic E-state index is 14.3. The third-order valence-corrected chi connectivity index (χ3v) is 9.13. The van der Waals surface area contributed by atoms with E-state index in [1.54, 1.807) is 24.3 Å². The molecule has 252 valence electrons. The summed E-state index contributed by atoms with van der Waals surface area (Å²) in [6.07, 6.45) is -3.32. The van der Waals surface area contributed by atoms with Gasteiger partial charge in [-0.3, -0.25) is 19.8 Å². The minimum absolute atomic E-state index is 0.0201. The first-order valence-electron chi connectivity index (χ1n) is 15.2. The van der Waals surface area contributed by atoms with Crippen LogP contribution in [0, 0.1) is 0 Å². The Labute approximate surface area is 275 Å². The number of fused-ring (bicyclic) bond motifs is 2. The number of rotatable bonds is 9. The Bertz CT molecular complexity index is 1830. The van der Waals surface area contributed by atoms with Crippen molar-refractivity contribution in [2.75, 3.05) is 16.8 Å². The number of carboxylic acid groups (broad SMARTS) is 1. The smallest absolute Gasteiger partial charge is 0.481 e. The first-order valence-corrected chi connectivity index (χ1v) is 16.1. The zero-order valence-electron chi connectivity index (χ0n) is 25.3. The number of nitrogens with zero attached hydrogens (tertiary/aromatic N) is 2. The van der Waals surface area contributed by atoms with Gasteiger partial charge in [0.1, 0.15) is 5.75 Å². The summed E-state index contributed by atoms with van der Waals surface area (Å²) in [5, 5.41) is 14.1. The topological polar surface area (TPSA) is 130 Å². The normalized spacial score (nSPS) is 16.8. The molecule has 1 aliphatic heterocycles. The van der Waals surface area contributed by atoms with E-state index in [1.807, 2.05) is 24.3 Å². The van der Waals surface area contributed by atoms with E-state index in [0.717, 1.165) is 36.3 Å². The molecule has 0 spiro atoms.